The van der Waals surface area contributed by atoms with Crippen LogP contribution in [0.3, 0.4) is 0 Å². The number of halogens is 1. The van der Waals surface area contributed by atoms with Gasteiger partial charge in [0, 0.05) is 85.9 Å². The number of phenolic OH excluding ortho intramolecular Hbond substituents is 1. The molecule has 2 saturated carbocycles. The molecule has 3 amide bonds. The van der Waals surface area contributed by atoms with E-state index in [0.29, 0.717) is 51.6 Å². The summed E-state index contributed by atoms with van der Waals surface area (Å²) < 4.78 is 0. The van der Waals surface area contributed by atoms with Gasteiger partial charge >= 0.3 is 0 Å². The van der Waals surface area contributed by atoms with E-state index in [0.717, 1.165) is 89.5 Å². The number of piperazine rings is 1. The number of hydrogen-bond donors (Lipinski definition) is 5. The number of aliphatic hydroxyl groups is 1. The van der Waals surface area contributed by atoms with Gasteiger partial charge in [-0.2, -0.15) is 0 Å². The van der Waals surface area contributed by atoms with E-state index in [1.165, 1.54) is 30.6 Å². The maximum absolute atomic E-state index is 14.2. The average Bonchev–Trinajstić information content (AvgIpc) is 3.73. The Bertz CT molecular complexity index is 2450. The van der Waals surface area contributed by atoms with Crippen LogP contribution in [0, 0.1) is 29.1 Å². The van der Waals surface area contributed by atoms with Gasteiger partial charge in [0.1, 0.15) is 17.8 Å². The number of phenols is 1. The Morgan fingerprint density at radius 2 is 1.57 bits per heavy atom. The van der Waals surface area contributed by atoms with Crippen molar-refractivity contribution in [3.8, 4) is 29.4 Å². The van der Waals surface area contributed by atoms with Gasteiger partial charge in [-0.05, 0) is 124 Å². The van der Waals surface area contributed by atoms with Crippen LogP contribution in [-0.2, 0) is 20.9 Å². The van der Waals surface area contributed by atoms with Crippen molar-refractivity contribution in [1.29, 1.82) is 0 Å². The number of terminal acetylenes is 1. The Morgan fingerprint density at radius 3 is 2.25 bits per heavy atom. The summed E-state index contributed by atoms with van der Waals surface area (Å²) in [5.74, 6) is 2.62. The van der Waals surface area contributed by atoms with Crippen LogP contribution in [0.4, 0.5) is 11.5 Å². The quantitative estimate of drug-likeness (QED) is 0.178. The molecule has 16 heteroatoms. The Labute approximate surface area is 411 Å². The molecule has 6 heterocycles. The topological polar surface area (TPSA) is 170 Å². The minimum Gasteiger partial charge on any atom is -0.507 e. The molecule has 0 bridgehead atoms. The Morgan fingerprint density at radius 1 is 0.870 bits per heavy atom. The first-order chi connectivity index (χ1) is 33.1. The number of piperidine rings is 2. The fourth-order valence-corrected chi connectivity index (χ4v) is 13.1. The molecular weight excluding hydrogens is 892 g/mol. The number of amides is 3. The standard InChI is InChI=1S/C53H69ClN10O5/c1-5-33-10-11-34(42(54)22-33)29-56-50(68)45-23-40(65)32-64(45)51(69)47(52(2,3)4)57-49(67)35-25-53(26-35)27-38(28-53)61-18-12-36(13-19-61)60-16-14-37(15-17-60)62-20-21-63-39(31-62)30-55-48-44(63)24-43(58-59-48)41-8-6-7-9-46(41)66/h1,6-11,22,24,35-40,45,47,65-66H,12-21,23,25-32H2,2-4H3,(H,55,59)(H,56,68)(H,57,67)/t35?,38?,39-,40+,45-,47+,53?/m0/s1. The van der Waals surface area contributed by atoms with Crippen LogP contribution in [-0.4, -0.2) is 159 Å². The molecular formula is C53H69ClN10O5. The number of aromatic nitrogens is 2. The maximum atomic E-state index is 14.2. The van der Waals surface area contributed by atoms with Gasteiger partial charge in [0.2, 0.25) is 17.7 Å². The highest BCUT2D eigenvalue weighted by Gasteiger charge is 2.57. The van der Waals surface area contributed by atoms with E-state index in [2.05, 4.69) is 57.7 Å². The summed E-state index contributed by atoms with van der Waals surface area (Å²) in [6.07, 6.45) is 13.6. The summed E-state index contributed by atoms with van der Waals surface area (Å²) in [6.45, 7) is 14.4. The molecule has 7 aliphatic rings. The molecule has 6 fully saturated rings. The van der Waals surface area contributed by atoms with Crippen molar-refractivity contribution in [2.24, 2.45) is 16.7 Å². The molecule has 2 aromatic carbocycles. The second-order valence-corrected chi connectivity index (χ2v) is 22.7. The van der Waals surface area contributed by atoms with Crippen molar-refractivity contribution in [2.45, 2.75) is 127 Å². The third-order valence-electron chi connectivity index (χ3n) is 16.8. The molecule has 69 heavy (non-hydrogen) atoms. The molecule has 0 unspecified atom stereocenters. The number of hydrogen-bond acceptors (Lipinski definition) is 12. The van der Waals surface area contributed by atoms with E-state index in [1.54, 1.807) is 24.3 Å². The number of aromatic hydroxyl groups is 1. The SMILES string of the molecule is C#Cc1ccc(CNC(=O)[C@@H]2C[C@@H](O)CN2C(=O)[C@@H](NC(=O)C2CC3(C2)CC(N2CCC(N4CCC(N5CCN6c7cc(-c8ccccc8O)nnc7NC[C@H]6C5)CC4)CC2)C3)C(C)(C)C)c(Cl)c1. The third-order valence-corrected chi connectivity index (χ3v) is 17.2. The van der Waals surface area contributed by atoms with Gasteiger partial charge < -0.3 is 45.8 Å². The van der Waals surface area contributed by atoms with Crippen molar-refractivity contribution in [3.63, 3.8) is 0 Å². The number of para-hydroxylation sites is 1. The molecule has 5 N–H and O–H groups in total. The van der Waals surface area contributed by atoms with E-state index < -0.39 is 23.6 Å². The summed E-state index contributed by atoms with van der Waals surface area (Å²) in [5, 5.41) is 40.0. The van der Waals surface area contributed by atoms with Crippen LogP contribution in [0.25, 0.3) is 11.3 Å². The largest absolute Gasteiger partial charge is 0.507 e. The number of anilines is 2. The molecule has 1 aromatic heterocycles. The number of aliphatic hydroxyl groups excluding tert-OH is 1. The normalized spacial score (nSPS) is 28.4. The fourth-order valence-electron chi connectivity index (χ4n) is 12.9. The lowest BCUT2D eigenvalue weighted by molar-refractivity contribution is -0.150. The highest BCUT2D eigenvalue weighted by molar-refractivity contribution is 6.31. The molecule has 10 rings (SSSR count). The third kappa shape index (κ3) is 9.76. The van der Waals surface area contributed by atoms with Gasteiger partial charge in [0.05, 0.1) is 23.5 Å². The first kappa shape index (κ1) is 47.7. The maximum Gasteiger partial charge on any atom is 0.246 e. The summed E-state index contributed by atoms with van der Waals surface area (Å²) in [7, 11) is 0. The smallest absolute Gasteiger partial charge is 0.246 e. The molecule has 15 nitrogen and oxygen atoms in total. The molecule has 368 valence electrons. The molecule has 4 saturated heterocycles. The summed E-state index contributed by atoms with van der Waals surface area (Å²) in [5.41, 5.74) is 3.40. The van der Waals surface area contributed by atoms with E-state index in [9.17, 15) is 24.6 Å². The number of β-amino-alcohol motifs (C(OH)–C–C–N with tert-alkyl or cyclic N) is 1. The molecule has 2 aliphatic carbocycles. The van der Waals surface area contributed by atoms with Crippen LogP contribution in [0.15, 0.2) is 48.5 Å². The van der Waals surface area contributed by atoms with Gasteiger partial charge in [-0.15, -0.1) is 16.6 Å². The van der Waals surface area contributed by atoms with Crippen molar-refractivity contribution < 1.29 is 24.6 Å². The number of carbonyl (C=O) groups is 3. The summed E-state index contributed by atoms with van der Waals surface area (Å²) in [4.78, 5) is 53.6. The highest BCUT2D eigenvalue weighted by Crippen LogP contribution is 2.60. The second-order valence-electron chi connectivity index (χ2n) is 22.3. The van der Waals surface area contributed by atoms with Gasteiger partial charge in [0.15, 0.2) is 5.82 Å². The molecule has 0 radical (unpaired) electrons. The van der Waals surface area contributed by atoms with Gasteiger partial charge in [-0.25, -0.2) is 0 Å². The monoisotopic (exact) mass is 961 g/mol. The number of rotatable bonds is 10. The summed E-state index contributed by atoms with van der Waals surface area (Å²) in [6, 6.07) is 15.1. The lowest BCUT2D eigenvalue weighted by Gasteiger charge is -2.60. The van der Waals surface area contributed by atoms with E-state index in [-0.39, 0.29) is 54.3 Å². The predicted molar refractivity (Wildman–Crippen MR) is 266 cm³/mol. The van der Waals surface area contributed by atoms with Crippen LogP contribution in [0.5, 0.6) is 5.75 Å². The molecule has 5 aliphatic heterocycles. The minimum atomic E-state index is -0.868. The van der Waals surface area contributed by atoms with Crippen molar-refractivity contribution in [3.05, 3.63) is 64.7 Å². The minimum absolute atomic E-state index is 0.0247. The first-order valence-electron chi connectivity index (χ1n) is 25.4. The zero-order valence-electron chi connectivity index (χ0n) is 40.4. The van der Waals surface area contributed by atoms with Crippen molar-refractivity contribution in [2.75, 3.05) is 69.1 Å². The van der Waals surface area contributed by atoms with Crippen molar-refractivity contribution >= 4 is 40.8 Å². The highest BCUT2D eigenvalue weighted by atomic mass is 35.5. The second kappa shape index (κ2) is 19.3. The Balaban J connectivity index is 0.648. The first-order valence-corrected chi connectivity index (χ1v) is 25.7. The Hall–Kier alpha value is -4.98. The summed E-state index contributed by atoms with van der Waals surface area (Å²) >= 11 is 6.39. The average molecular weight is 962 g/mol. The Kier molecular flexibility index (Phi) is 13.4. The van der Waals surface area contributed by atoms with E-state index in [1.807, 2.05) is 39.0 Å². The number of fused-ring (bicyclic) bond motifs is 3. The molecule has 3 aromatic rings. The molecule has 4 atom stereocenters. The predicted octanol–water partition coefficient (Wildman–Crippen LogP) is 4.70. The van der Waals surface area contributed by atoms with Crippen LogP contribution in [0.2, 0.25) is 5.02 Å². The van der Waals surface area contributed by atoms with Crippen LogP contribution in [0.1, 0.15) is 89.7 Å². The van der Waals surface area contributed by atoms with E-state index in [4.69, 9.17) is 18.0 Å². The number of nitrogens with one attached hydrogen (secondary N) is 3. The number of likely N-dealkylation sites (tertiary alicyclic amines) is 3. The van der Waals surface area contributed by atoms with Crippen LogP contribution < -0.4 is 20.9 Å². The number of benzene rings is 2. The zero-order chi connectivity index (χ0) is 48.2. The van der Waals surface area contributed by atoms with E-state index >= 15 is 0 Å². The van der Waals surface area contributed by atoms with Crippen LogP contribution >= 0.6 is 11.6 Å². The lowest BCUT2D eigenvalue weighted by Crippen LogP contribution is -2.63. The zero-order valence-corrected chi connectivity index (χ0v) is 41.1. The molecule has 1 spiro atoms. The lowest BCUT2D eigenvalue weighted by atomic mass is 9.49. The number of nitrogens with zero attached hydrogens (tertiary/aromatic N) is 7. The van der Waals surface area contributed by atoms with Gasteiger partial charge in [-0.3, -0.25) is 19.3 Å². The fraction of sp³-hybridized carbons (Fsp3) is 0.604. The van der Waals surface area contributed by atoms with Crippen molar-refractivity contribution in [1.82, 2.24) is 40.4 Å². The van der Waals surface area contributed by atoms with Gasteiger partial charge in [-0.1, -0.05) is 56.5 Å². The van der Waals surface area contributed by atoms with Gasteiger partial charge in [0.25, 0.3) is 0 Å². The number of carbonyl (C=O) groups excluding carboxylic acids is 3.